The molecule has 0 radical (unpaired) electrons. The van der Waals surface area contributed by atoms with Crippen LogP contribution in [-0.4, -0.2) is 46.9 Å². The smallest absolute Gasteiger partial charge is 0.410 e. The van der Waals surface area contributed by atoms with Crippen LogP contribution in [-0.2, 0) is 16.9 Å². The first-order valence-corrected chi connectivity index (χ1v) is 13.7. The van der Waals surface area contributed by atoms with Crippen LogP contribution >= 0.6 is 0 Å². The molecule has 0 aliphatic carbocycles. The first-order valence-electron chi connectivity index (χ1n) is 13.7. The van der Waals surface area contributed by atoms with Crippen LogP contribution in [0.1, 0.15) is 41.7 Å². The van der Waals surface area contributed by atoms with Gasteiger partial charge in [-0.15, -0.1) is 0 Å². The van der Waals surface area contributed by atoms with Crippen molar-refractivity contribution >= 4 is 6.09 Å². The molecule has 0 aromatic heterocycles. The van der Waals surface area contributed by atoms with Gasteiger partial charge in [-0.25, -0.2) is 4.79 Å². The van der Waals surface area contributed by atoms with Gasteiger partial charge in [0.05, 0.1) is 0 Å². The van der Waals surface area contributed by atoms with Crippen molar-refractivity contribution in [2.24, 2.45) is 0 Å². The second-order valence-corrected chi connectivity index (χ2v) is 9.98. The molecule has 3 N–H and O–H groups in total. The summed E-state index contributed by atoms with van der Waals surface area (Å²) in [5.41, 5.74) is 1.53. The van der Waals surface area contributed by atoms with Crippen LogP contribution in [0.4, 0.5) is 4.79 Å². The Hall–Kier alpha value is -3.97. The number of aliphatic hydroxyl groups is 2. The molecule has 0 saturated carbocycles. The highest BCUT2D eigenvalue weighted by Crippen LogP contribution is 2.40. The van der Waals surface area contributed by atoms with Crippen LogP contribution in [0.5, 0.6) is 0 Å². The summed E-state index contributed by atoms with van der Waals surface area (Å²) in [7, 11) is 0. The van der Waals surface area contributed by atoms with Gasteiger partial charge < -0.3 is 25.2 Å². The highest BCUT2D eigenvalue weighted by Gasteiger charge is 2.40. The van der Waals surface area contributed by atoms with E-state index in [1.807, 2.05) is 121 Å². The van der Waals surface area contributed by atoms with Crippen molar-refractivity contribution in [1.82, 2.24) is 10.2 Å². The molecule has 1 aliphatic heterocycles. The zero-order chi connectivity index (χ0) is 28.2. The molecule has 1 aliphatic rings. The molecule has 6 heteroatoms. The Morgan fingerprint density at radius 3 is 1.90 bits per heavy atom. The van der Waals surface area contributed by atoms with Crippen LogP contribution in [0, 0.1) is 0 Å². The molecule has 40 heavy (non-hydrogen) atoms. The maximum Gasteiger partial charge on any atom is 0.410 e. The molecule has 6 nitrogen and oxygen atoms in total. The number of rotatable bonds is 6. The van der Waals surface area contributed by atoms with Gasteiger partial charge in [0, 0.05) is 25.7 Å². The van der Waals surface area contributed by atoms with Crippen molar-refractivity contribution in [3.63, 3.8) is 0 Å². The molecule has 0 bridgehead atoms. The van der Waals surface area contributed by atoms with Crippen LogP contribution in [0.3, 0.4) is 0 Å². The lowest BCUT2D eigenvalue weighted by Crippen LogP contribution is -2.35. The first kappa shape index (κ1) is 29.0. The van der Waals surface area contributed by atoms with Gasteiger partial charge in [0.1, 0.15) is 18.3 Å². The summed E-state index contributed by atoms with van der Waals surface area (Å²) in [5, 5.41) is 25.7. The third-order valence-electron chi connectivity index (χ3n) is 7.11. The summed E-state index contributed by atoms with van der Waals surface area (Å²) < 4.78 is 5.32. The zero-order valence-electron chi connectivity index (χ0n) is 22.9. The number of benzene rings is 4. The molecule has 1 amide bonds. The Morgan fingerprint density at radius 2 is 1.35 bits per heavy atom. The molecular formula is C34H38N2O4. The van der Waals surface area contributed by atoms with Crippen molar-refractivity contribution in [2.45, 2.75) is 37.7 Å². The predicted octanol–water partition coefficient (Wildman–Crippen LogP) is 5.66. The van der Waals surface area contributed by atoms with Crippen molar-refractivity contribution < 1.29 is 19.7 Å². The molecular weight excluding hydrogens is 500 g/mol. The zero-order valence-corrected chi connectivity index (χ0v) is 22.9. The summed E-state index contributed by atoms with van der Waals surface area (Å²) in [6.45, 7) is 4.80. The minimum Gasteiger partial charge on any atom is -0.445 e. The summed E-state index contributed by atoms with van der Waals surface area (Å²) in [6, 6.07) is 38.0. The number of carbonyl (C=O) groups excluding carboxylic acids is 1. The highest BCUT2D eigenvalue weighted by molar-refractivity contribution is 5.67. The predicted molar refractivity (Wildman–Crippen MR) is 158 cm³/mol. The van der Waals surface area contributed by atoms with E-state index in [1.165, 1.54) is 0 Å². The number of aliphatic hydroxyl groups excluding tert-OH is 1. The van der Waals surface area contributed by atoms with E-state index in [4.69, 9.17) is 4.74 Å². The molecule has 5 rings (SSSR count). The van der Waals surface area contributed by atoms with Crippen LogP contribution in [0.15, 0.2) is 121 Å². The van der Waals surface area contributed by atoms with Gasteiger partial charge in [0.2, 0.25) is 0 Å². The van der Waals surface area contributed by atoms with Gasteiger partial charge in [0.15, 0.2) is 0 Å². The van der Waals surface area contributed by atoms with Gasteiger partial charge in [-0.2, -0.15) is 0 Å². The number of amides is 1. The average molecular weight is 539 g/mol. The van der Waals surface area contributed by atoms with Crippen molar-refractivity contribution in [1.29, 1.82) is 0 Å². The minimum atomic E-state index is -1.50. The second kappa shape index (κ2) is 14.4. The van der Waals surface area contributed by atoms with E-state index >= 15 is 0 Å². The number of carbonyl (C=O) groups is 1. The second-order valence-electron chi connectivity index (χ2n) is 9.98. The molecule has 0 spiro atoms. The maximum atomic E-state index is 11.9. The fraction of sp³-hybridized carbons (Fsp3) is 0.265. The molecule has 4 aromatic rings. The monoisotopic (exact) mass is 538 g/mol. The number of nitrogens with one attached hydrogen (secondary N) is 1. The Labute approximate surface area is 236 Å². The SMILES string of the molecule is CC1CCN(C(=O)OCc2ccccc2)CCN1.O[C@H](c1ccccc1)C(O)(c1ccccc1)c1ccccc1. The molecule has 208 valence electrons. The van der Waals surface area contributed by atoms with E-state index in [-0.39, 0.29) is 6.09 Å². The number of ether oxygens (including phenoxy) is 1. The van der Waals surface area contributed by atoms with Crippen LogP contribution in [0.25, 0.3) is 0 Å². The molecule has 1 fully saturated rings. The molecule has 1 unspecified atom stereocenters. The van der Waals surface area contributed by atoms with Gasteiger partial charge in [-0.05, 0) is 35.6 Å². The normalized spacial score (nSPS) is 16.2. The lowest BCUT2D eigenvalue weighted by molar-refractivity contribution is -0.0517. The topological polar surface area (TPSA) is 82.0 Å². The van der Waals surface area contributed by atoms with Crippen LogP contribution in [0.2, 0.25) is 0 Å². The van der Waals surface area contributed by atoms with Gasteiger partial charge in [0.25, 0.3) is 0 Å². The van der Waals surface area contributed by atoms with E-state index in [1.54, 1.807) is 4.90 Å². The number of hydrogen-bond donors (Lipinski definition) is 3. The summed E-state index contributed by atoms with van der Waals surface area (Å²) >= 11 is 0. The first-order chi connectivity index (χ1) is 19.5. The van der Waals surface area contributed by atoms with Crippen molar-refractivity contribution in [3.8, 4) is 0 Å². The fourth-order valence-corrected chi connectivity index (χ4v) is 4.75. The molecule has 4 aromatic carbocycles. The largest absolute Gasteiger partial charge is 0.445 e. The lowest BCUT2D eigenvalue weighted by Gasteiger charge is -2.34. The third-order valence-corrected chi connectivity index (χ3v) is 7.11. The fourth-order valence-electron chi connectivity index (χ4n) is 4.75. The Balaban J connectivity index is 0.000000189. The highest BCUT2D eigenvalue weighted by atomic mass is 16.6. The molecule has 2 atom stereocenters. The standard InChI is InChI=1S/C20H18O2.C14H20N2O2/c21-19(16-10-4-1-5-11-16)20(22,17-12-6-2-7-13-17)18-14-8-3-9-15-18;1-12-7-9-16(10-8-15-12)14(17)18-11-13-5-3-2-4-6-13/h1-15,19,21-22H;2-6,12,15H,7-11H2,1H3/t19-;/m1./s1. The Bertz CT molecular complexity index is 1250. The van der Waals surface area contributed by atoms with Crippen molar-refractivity contribution in [2.75, 3.05) is 19.6 Å². The van der Waals surface area contributed by atoms with E-state index in [2.05, 4.69) is 12.2 Å². The average Bonchev–Trinajstić information content (AvgIpc) is 3.25. The van der Waals surface area contributed by atoms with Gasteiger partial charge in [-0.3, -0.25) is 0 Å². The van der Waals surface area contributed by atoms with E-state index in [9.17, 15) is 15.0 Å². The summed E-state index contributed by atoms with van der Waals surface area (Å²) in [5.74, 6) is 0. The Morgan fingerprint density at radius 1 is 0.850 bits per heavy atom. The number of hydrogen-bond acceptors (Lipinski definition) is 5. The van der Waals surface area contributed by atoms with E-state index in [0.717, 1.165) is 31.6 Å². The van der Waals surface area contributed by atoms with Gasteiger partial charge in [-0.1, -0.05) is 121 Å². The van der Waals surface area contributed by atoms with E-state index < -0.39 is 11.7 Å². The molecule has 1 saturated heterocycles. The quantitative estimate of drug-likeness (QED) is 0.295. The summed E-state index contributed by atoms with van der Waals surface area (Å²) in [6.07, 6.45) is -0.297. The van der Waals surface area contributed by atoms with Crippen molar-refractivity contribution in [3.05, 3.63) is 144 Å². The van der Waals surface area contributed by atoms with E-state index in [0.29, 0.717) is 29.3 Å². The number of nitrogens with zero attached hydrogens (tertiary/aromatic N) is 1. The van der Waals surface area contributed by atoms with Gasteiger partial charge >= 0.3 is 6.09 Å². The van der Waals surface area contributed by atoms with Crippen LogP contribution < -0.4 is 5.32 Å². The summed E-state index contributed by atoms with van der Waals surface area (Å²) in [4.78, 5) is 13.7. The molecule has 1 heterocycles. The lowest BCUT2D eigenvalue weighted by atomic mass is 9.79. The minimum absolute atomic E-state index is 0.213. The maximum absolute atomic E-state index is 11.9. The third kappa shape index (κ3) is 7.57. The Kier molecular flexibility index (Phi) is 10.5.